The molecule has 2 rings (SSSR count). The molecule has 0 unspecified atom stereocenters. The number of nitrogen functional groups attached to an aromatic ring is 1. The fourth-order valence-electron chi connectivity index (χ4n) is 1.94. The van der Waals surface area contributed by atoms with Gasteiger partial charge in [-0.15, -0.1) is 0 Å². The number of hydrogen-bond acceptors (Lipinski definition) is 4. The number of methoxy groups -OCH3 is 2. The van der Waals surface area contributed by atoms with E-state index in [9.17, 15) is 4.79 Å². The molecule has 4 nitrogen and oxygen atoms in total. The normalized spacial score (nSPS) is 10.3. The molecule has 6 heteroatoms. The molecule has 2 N–H and O–H groups in total. The lowest BCUT2D eigenvalue weighted by molar-refractivity contribution is 0.103. The van der Waals surface area contributed by atoms with Crippen LogP contribution >= 0.6 is 31.9 Å². The van der Waals surface area contributed by atoms with Gasteiger partial charge >= 0.3 is 0 Å². The number of halogens is 2. The van der Waals surface area contributed by atoms with Crippen LogP contribution in [-0.2, 0) is 0 Å². The highest BCUT2D eigenvalue weighted by atomic mass is 79.9. The van der Waals surface area contributed by atoms with Crippen LogP contribution in [0.1, 0.15) is 15.9 Å². The Kier molecular flexibility index (Phi) is 4.90. The maximum absolute atomic E-state index is 12.7. The molecular formula is C15H13Br2NO3. The lowest BCUT2D eigenvalue weighted by Crippen LogP contribution is -2.07. The molecule has 0 heterocycles. The number of ether oxygens (including phenoxy) is 2. The van der Waals surface area contributed by atoms with E-state index in [0.29, 0.717) is 37.3 Å². The van der Waals surface area contributed by atoms with Gasteiger partial charge in [-0.25, -0.2) is 0 Å². The zero-order chi connectivity index (χ0) is 15.6. The van der Waals surface area contributed by atoms with E-state index in [-0.39, 0.29) is 5.78 Å². The third-order valence-electron chi connectivity index (χ3n) is 3.00. The highest BCUT2D eigenvalue weighted by molar-refractivity contribution is 9.11. The minimum absolute atomic E-state index is 0.186. The second kappa shape index (κ2) is 6.49. The Morgan fingerprint density at radius 1 is 1.00 bits per heavy atom. The average molecular weight is 415 g/mol. The Morgan fingerprint density at radius 3 is 2.33 bits per heavy atom. The number of carbonyl (C=O) groups excluding carboxylic acids is 1. The van der Waals surface area contributed by atoms with E-state index in [0.717, 1.165) is 0 Å². The van der Waals surface area contributed by atoms with Gasteiger partial charge in [0.1, 0.15) is 16.0 Å². The van der Waals surface area contributed by atoms with Crippen molar-refractivity contribution in [3.63, 3.8) is 0 Å². The van der Waals surface area contributed by atoms with Crippen LogP contribution in [0.3, 0.4) is 0 Å². The van der Waals surface area contributed by atoms with E-state index in [4.69, 9.17) is 15.2 Å². The predicted molar refractivity (Wildman–Crippen MR) is 89.2 cm³/mol. The Hall–Kier alpha value is -1.53. The summed E-state index contributed by atoms with van der Waals surface area (Å²) in [6, 6.07) is 8.54. The molecule has 0 spiro atoms. The Labute approximate surface area is 139 Å². The van der Waals surface area contributed by atoms with Crippen LogP contribution in [0.5, 0.6) is 11.5 Å². The van der Waals surface area contributed by atoms with Gasteiger partial charge in [-0.3, -0.25) is 4.79 Å². The topological polar surface area (TPSA) is 61.5 Å². The first-order valence-corrected chi connectivity index (χ1v) is 7.59. The van der Waals surface area contributed by atoms with Crippen LogP contribution in [0.2, 0.25) is 0 Å². The molecule has 0 aliphatic rings. The van der Waals surface area contributed by atoms with Crippen LogP contribution in [0, 0.1) is 0 Å². The van der Waals surface area contributed by atoms with Crippen molar-refractivity contribution < 1.29 is 14.3 Å². The second-order valence-electron chi connectivity index (χ2n) is 4.20. The van der Waals surface area contributed by atoms with Crippen LogP contribution in [0.4, 0.5) is 5.69 Å². The number of ketones is 1. The Balaban J connectivity index is 2.59. The predicted octanol–water partition coefficient (Wildman–Crippen LogP) is 4.04. The molecule has 0 aliphatic carbocycles. The van der Waals surface area contributed by atoms with Crippen molar-refractivity contribution in [2.75, 3.05) is 20.0 Å². The molecule has 0 amide bonds. The summed E-state index contributed by atoms with van der Waals surface area (Å²) >= 11 is 6.74. The number of carbonyl (C=O) groups is 1. The first kappa shape index (κ1) is 15.9. The minimum atomic E-state index is -0.186. The molecule has 0 aromatic heterocycles. The van der Waals surface area contributed by atoms with Gasteiger partial charge in [-0.05, 0) is 56.1 Å². The Bertz CT molecular complexity index is 702. The smallest absolute Gasteiger partial charge is 0.198 e. The van der Waals surface area contributed by atoms with E-state index in [1.165, 1.54) is 7.11 Å². The third kappa shape index (κ3) is 2.91. The fraction of sp³-hybridized carbons (Fsp3) is 0.133. The molecule has 0 saturated heterocycles. The zero-order valence-corrected chi connectivity index (χ0v) is 14.6. The highest BCUT2D eigenvalue weighted by Crippen LogP contribution is 2.39. The van der Waals surface area contributed by atoms with Crippen molar-refractivity contribution in [2.45, 2.75) is 0 Å². The lowest BCUT2D eigenvalue weighted by atomic mass is 10.0. The molecule has 21 heavy (non-hydrogen) atoms. The summed E-state index contributed by atoms with van der Waals surface area (Å²) in [5, 5.41) is 0. The van der Waals surface area contributed by atoms with Gasteiger partial charge in [0.15, 0.2) is 5.78 Å². The van der Waals surface area contributed by atoms with Gasteiger partial charge in [0, 0.05) is 11.3 Å². The number of anilines is 1. The van der Waals surface area contributed by atoms with Crippen LogP contribution in [-0.4, -0.2) is 20.0 Å². The lowest BCUT2D eigenvalue weighted by Gasteiger charge is -2.13. The maximum Gasteiger partial charge on any atom is 0.198 e. The molecule has 0 atom stereocenters. The fourth-order valence-corrected chi connectivity index (χ4v) is 3.06. The van der Waals surface area contributed by atoms with E-state index in [1.807, 2.05) is 0 Å². The van der Waals surface area contributed by atoms with Gasteiger partial charge in [-0.2, -0.15) is 0 Å². The summed E-state index contributed by atoms with van der Waals surface area (Å²) in [6.07, 6.45) is 0. The minimum Gasteiger partial charge on any atom is -0.495 e. The van der Waals surface area contributed by atoms with Gasteiger partial charge < -0.3 is 15.2 Å². The summed E-state index contributed by atoms with van der Waals surface area (Å²) in [5.41, 5.74) is 7.23. The molecular weight excluding hydrogens is 402 g/mol. The molecule has 0 radical (unpaired) electrons. The number of benzene rings is 2. The summed E-state index contributed by atoms with van der Waals surface area (Å²) in [7, 11) is 3.06. The highest BCUT2D eigenvalue weighted by Gasteiger charge is 2.21. The van der Waals surface area contributed by atoms with Crippen molar-refractivity contribution in [3.05, 3.63) is 50.4 Å². The molecule has 2 aromatic rings. The summed E-state index contributed by atoms with van der Waals surface area (Å²) < 4.78 is 11.7. The average Bonchev–Trinajstić information content (AvgIpc) is 2.49. The molecule has 2 aromatic carbocycles. The molecule has 0 saturated carbocycles. The van der Waals surface area contributed by atoms with Crippen LogP contribution < -0.4 is 15.2 Å². The Morgan fingerprint density at radius 2 is 1.71 bits per heavy atom. The second-order valence-corrected chi connectivity index (χ2v) is 5.79. The number of hydrogen-bond donors (Lipinski definition) is 1. The summed E-state index contributed by atoms with van der Waals surface area (Å²) in [5.74, 6) is 0.832. The first-order chi connectivity index (χ1) is 10.0. The van der Waals surface area contributed by atoms with Crippen molar-refractivity contribution in [3.8, 4) is 11.5 Å². The quantitative estimate of drug-likeness (QED) is 0.605. The standard InChI is InChI=1S/C15H13Br2NO3/c1-20-11-7-6-9(15(21-2)13(11)17)14(19)8-4-3-5-10(18)12(8)16/h3-7H,18H2,1-2H3. The monoisotopic (exact) mass is 413 g/mol. The van der Waals surface area contributed by atoms with Crippen molar-refractivity contribution in [1.29, 1.82) is 0 Å². The van der Waals surface area contributed by atoms with Gasteiger partial charge in [0.05, 0.1) is 24.3 Å². The third-order valence-corrected chi connectivity index (χ3v) is 4.64. The van der Waals surface area contributed by atoms with E-state index in [2.05, 4.69) is 31.9 Å². The van der Waals surface area contributed by atoms with Gasteiger partial charge in [-0.1, -0.05) is 6.07 Å². The molecule has 0 bridgehead atoms. The van der Waals surface area contributed by atoms with E-state index in [1.54, 1.807) is 37.4 Å². The first-order valence-electron chi connectivity index (χ1n) is 6.00. The number of nitrogens with two attached hydrogens (primary N) is 1. The largest absolute Gasteiger partial charge is 0.495 e. The summed E-state index contributed by atoms with van der Waals surface area (Å²) in [4.78, 5) is 12.7. The van der Waals surface area contributed by atoms with Gasteiger partial charge in [0.2, 0.25) is 0 Å². The van der Waals surface area contributed by atoms with E-state index < -0.39 is 0 Å². The molecule has 110 valence electrons. The SMILES string of the molecule is COc1ccc(C(=O)c2cccc(N)c2Br)c(OC)c1Br. The van der Waals surface area contributed by atoms with E-state index >= 15 is 0 Å². The van der Waals surface area contributed by atoms with Crippen molar-refractivity contribution in [2.24, 2.45) is 0 Å². The van der Waals surface area contributed by atoms with Crippen molar-refractivity contribution in [1.82, 2.24) is 0 Å². The summed E-state index contributed by atoms with van der Waals surface area (Å²) in [6.45, 7) is 0. The zero-order valence-electron chi connectivity index (χ0n) is 11.4. The van der Waals surface area contributed by atoms with Crippen molar-refractivity contribution >= 4 is 43.3 Å². The maximum atomic E-state index is 12.7. The number of rotatable bonds is 4. The van der Waals surface area contributed by atoms with Crippen LogP contribution in [0.25, 0.3) is 0 Å². The van der Waals surface area contributed by atoms with Crippen LogP contribution in [0.15, 0.2) is 39.3 Å². The molecule has 0 fully saturated rings. The van der Waals surface area contributed by atoms with Gasteiger partial charge in [0.25, 0.3) is 0 Å². The molecule has 0 aliphatic heterocycles.